The van der Waals surface area contributed by atoms with Crippen molar-refractivity contribution in [1.29, 1.82) is 0 Å². The van der Waals surface area contributed by atoms with Gasteiger partial charge >= 0.3 is 12.1 Å². The summed E-state index contributed by atoms with van der Waals surface area (Å²) in [6, 6.07) is -0.604. The molecule has 0 bridgehead atoms. The first kappa shape index (κ1) is 17.8. The molecule has 0 aromatic carbocycles. The molecular weight excluding hydrogens is 298 g/mol. The van der Waals surface area contributed by atoms with E-state index in [9.17, 15) is 14.4 Å². The van der Waals surface area contributed by atoms with Crippen molar-refractivity contribution in [3.05, 3.63) is 0 Å². The van der Waals surface area contributed by atoms with Crippen LogP contribution in [0.1, 0.15) is 52.9 Å². The Hall–Kier alpha value is -1.59. The van der Waals surface area contributed by atoms with Crippen LogP contribution < -0.4 is 0 Å². The van der Waals surface area contributed by atoms with E-state index in [1.54, 1.807) is 20.8 Å². The minimum Gasteiger partial charge on any atom is -0.467 e. The molecule has 6 nitrogen and oxygen atoms in total. The van der Waals surface area contributed by atoms with E-state index in [0.29, 0.717) is 19.4 Å². The van der Waals surface area contributed by atoms with Crippen molar-refractivity contribution >= 4 is 17.8 Å². The highest BCUT2D eigenvalue weighted by atomic mass is 16.6. The lowest BCUT2D eigenvalue weighted by atomic mass is 9.76. The number of likely N-dealkylation sites (tertiary alicyclic amines) is 1. The van der Waals surface area contributed by atoms with Gasteiger partial charge in [0.1, 0.15) is 17.4 Å². The minimum atomic E-state index is -0.604. The first-order valence-electron chi connectivity index (χ1n) is 8.32. The predicted octanol–water partition coefficient (Wildman–Crippen LogP) is 2.54. The van der Waals surface area contributed by atoms with Crippen molar-refractivity contribution in [3.63, 3.8) is 0 Å². The van der Waals surface area contributed by atoms with Crippen LogP contribution in [-0.4, -0.2) is 48.0 Å². The number of Topliss-reactive ketones (excluding diaryl/α,β-unsaturated/α-hetero) is 1. The molecule has 1 saturated heterocycles. The van der Waals surface area contributed by atoms with Gasteiger partial charge in [-0.05, 0) is 51.9 Å². The van der Waals surface area contributed by atoms with Crippen LogP contribution in [-0.2, 0) is 19.1 Å². The molecule has 0 N–H and O–H groups in total. The number of ether oxygens (including phenoxy) is 2. The average Bonchev–Trinajstić information content (AvgIpc) is 2.90. The van der Waals surface area contributed by atoms with Crippen molar-refractivity contribution in [3.8, 4) is 0 Å². The molecule has 130 valence electrons. The van der Waals surface area contributed by atoms with Gasteiger partial charge in [-0.2, -0.15) is 0 Å². The van der Waals surface area contributed by atoms with Crippen molar-refractivity contribution in [2.24, 2.45) is 11.8 Å². The molecule has 2 atom stereocenters. The SMILES string of the molecule is COC(=O)[C@H]1[C@@H](C2CCC(=O)CC2)CCN1C(=O)OC(C)(C)C. The molecule has 0 spiro atoms. The van der Waals surface area contributed by atoms with Gasteiger partial charge in [0.05, 0.1) is 7.11 Å². The Balaban J connectivity index is 2.13. The Kier molecular flexibility index (Phi) is 5.32. The largest absolute Gasteiger partial charge is 0.467 e. The highest BCUT2D eigenvalue weighted by Crippen LogP contribution is 2.39. The van der Waals surface area contributed by atoms with Crippen LogP contribution in [0.2, 0.25) is 0 Å². The van der Waals surface area contributed by atoms with Gasteiger partial charge in [-0.1, -0.05) is 0 Å². The lowest BCUT2D eigenvalue weighted by Gasteiger charge is -2.33. The summed E-state index contributed by atoms with van der Waals surface area (Å²) in [6.45, 7) is 5.90. The number of hydrogen-bond acceptors (Lipinski definition) is 5. The van der Waals surface area contributed by atoms with Crippen LogP contribution >= 0.6 is 0 Å². The molecule has 2 aliphatic rings. The van der Waals surface area contributed by atoms with E-state index in [0.717, 1.165) is 19.3 Å². The van der Waals surface area contributed by atoms with E-state index in [4.69, 9.17) is 9.47 Å². The normalized spacial score (nSPS) is 26.3. The molecule has 1 heterocycles. The second-order valence-corrected chi connectivity index (χ2v) is 7.47. The molecule has 2 fully saturated rings. The van der Waals surface area contributed by atoms with E-state index in [1.807, 2.05) is 0 Å². The zero-order valence-electron chi connectivity index (χ0n) is 14.5. The van der Waals surface area contributed by atoms with Crippen LogP contribution in [0, 0.1) is 11.8 Å². The molecule has 1 aliphatic carbocycles. The number of carbonyl (C=O) groups is 3. The smallest absolute Gasteiger partial charge is 0.411 e. The number of nitrogens with zero attached hydrogens (tertiary/aromatic N) is 1. The second-order valence-electron chi connectivity index (χ2n) is 7.47. The second kappa shape index (κ2) is 6.89. The van der Waals surface area contributed by atoms with E-state index in [2.05, 4.69) is 0 Å². The number of ketones is 1. The quantitative estimate of drug-likeness (QED) is 0.730. The molecule has 0 unspecified atom stereocenters. The highest BCUT2D eigenvalue weighted by molar-refractivity contribution is 5.83. The molecular formula is C17H27NO5. The number of amides is 1. The van der Waals surface area contributed by atoms with Gasteiger partial charge in [0.25, 0.3) is 0 Å². The average molecular weight is 325 g/mol. The molecule has 6 heteroatoms. The maximum absolute atomic E-state index is 12.4. The third kappa shape index (κ3) is 4.24. The number of esters is 1. The van der Waals surface area contributed by atoms with Crippen molar-refractivity contribution in [2.45, 2.75) is 64.5 Å². The Bertz CT molecular complexity index is 472. The standard InChI is InChI=1S/C17H27NO5/c1-17(2,3)23-16(21)18-10-9-13(14(18)15(20)22-4)11-5-7-12(19)8-6-11/h11,13-14H,5-10H2,1-4H3/t13-,14-/m1/s1. The van der Waals surface area contributed by atoms with Gasteiger partial charge in [-0.25, -0.2) is 9.59 Å². The molecule has 2 rings (SSSR count). The number of carbonyl (C=O) groups excluding carboxylic acids is 3. The predicted molar refractivity (Wildman–Crippen MR) is 83.8 cm³/mol. The van der Waals surface area contributed by atoms with Gasteiger partial charge in [0.2, 0.25) is 0 Å². The molecule has 23 heavy (non-hydrogen) atoms. The van der Waals surface area contributed by atoms with Gasteiger partial charge < -0.3 is 9.47 Å². The Labute approximate surface area is 137 Å². The summed E-state index contributed by atoms with van der Waals surface area (Å²) >= 11 is 0. The topological polar surface area (TPSA) is 72.9 Å². The van der Waals surface area contributed by atoms with E-state index in [1.165, 1.54) is 12.0 Å². The van der Waals surface area contributed by atoms with E-state index in [-0.39, 0.29) is 17.6 Å². The maximum Gasteiger partial charge on any atom is 0.411 e. The van der Waals surface area contributed by atoms with Crippen LogP contribution in [0.25, 0.3) is 0 Å². The maximum atomic E-state index is 12.4. The highest BCUT2D eigenvalue weighted by Gasteiger charge is 2.47. The van der Waals surface area contributed by atoms with Gasteiger partial charge in [0, 0.05) is 19.4 Å². The van der Waals surface area contributed by atoms with Crippen molar-refractivity contribution < 1.29 is 23.9 Å². The number of hydrogen-bond donors (Lipinski definition) is 0. The first-order valence-corrected chi connectivity index (χ1v) is 8.32. The van der Waals surface area contributed by atoms with Crippen LogP contribution in [0.4, 0.5) is 4.79 Å². The summed E-state index contributed by atoms with van der Waals surface area (Å²) in [6.07, 6.45) is 3.00. The monoisotopic (exact) mass is 325 g/mol. The third-order valence-electron chi connectivity index (χ3n) is 4.71. The summed E-state index contributed by atoms with van der Waals surface area (Å²) in [5.74, 6) is 0.223. The third-order valence-corrected chi connectivity index (χ3v) is 4.71. The first-order chi connectivity index (χ1) is 10.7. The Morgan fingerprint density at radius 2 is 1.74 bits per heavy atom. The summed E-state index contributed by atoms with van der Waals surface area (Å²) in [7, 11) is 1.34. The summed E-state index contributed by atoms with van der Waals surface area (Å²) in [5.41, 5.74) is -0.604. The molecule has 1 saturated carbocycles. The zero-order valence-corrected chi connectivity index (χ0v) is 14.5. The molecule has 0 radical (unpaired) electrons. The molecule has 0 aromatic heterocycles. The fourth-order valence-electron chi connectivity index (χ4n) is 3.65. The van der Waals surface area contributed by atoms with Crippen LogP contribution in [0.15, 0.2) is 0 Å². The zero-order chi connectivity index (χ0) is 17.2. The van der Waals surface area contributed by atoms with Gasteiger partial charge in [0.15, 0.2) is 0 Å². The fourth-order valence-corrected chi connectivity index (χ4v) is 3.65. The number of rotatable bonds is 2. The summed E-state index contributed by atoms with van der Waals surface area (Å²) in [5, 5.41) is 0. The van der Waals surface area contributed by atoms with Crippen LogP contribution in [0.5, 0.6) is 0 Å². The lowest BCUT2D eigenvalue weighted by molar-refractivity contribution is -0.147. The Morgan fingerprint density at radius 1 is 1.13 bits per heavy atom. The van der Waals surface area contributed by atoms with Crippen molar-refractivity contribution in [1.82, 2.24) is 4.90 Å². The lowest BCUT2D eigenvalue weighted by Crippen LogP contribution is -2.47. The molecule has 1 aliphatic heterocycles. The van der Waals surface area contributed by atoms with E-state index < -0.39 is 23.7 Å². The summed E-state index contributed by atoms with van der Waals surface area (Å²) < 4.78 is 10.4. The summed E-state index contributed by atoms with van der Waals surface area (Å²) in [4.78, 5) is 37.6. The fraction of sp³-hybridized carbons (Fsp3) is 0.824. The van der Waals surface area contributed by atoms with Gasteiger partial charge in [-0.15, -0.1) is 0 Å². The minimum absolute atomic E-state index is 0.0445. The van der Waals surface area contributed by atoms with Crippen molar-refractivity contribution in [2.75, 3.05) is 13.7 Å². The van der Waals surface area contributed by atoms with E-state index >= 15 is 0 Å². The Morgan fingerprint density at radius 3 is 2.26 bits per heavy atom. The van der Waals surface area contributed by atoms with Crippen LogP contribution in [0.3, 0.4) is 0 Å². The van der Waals surface area contributed by atoms with Gasteiger partial charge in [-0.3, -0.25) is 9.69 Å². The number of methoxy groups -OCH3 is 1. The molecule has 1 amide bonds. The molecule has 0 aromatic rings.